The molecule has 0 fully saturated rings. The van der Waals surface area contributed by atoms with E-state index in [-0.39, 0.29) is 0 Å². The molecular formula is C9H10BrN5S. The molecule has 0 aliphatic heterocycles. The van der Waals surface area contributed by atoms with Crippen molar-refractivity contribution in [2.45, 2.75) is 5.03 Å². The number of aromatic nitrogens is 4. The number of thioether (sulfide) groups is 1. The van der Waals surface area contributed by atoms with Crippen molar-refractivity contribution in [3.8, 4) is 0 Å². The van der Waals surface area contributed by atoms with Crippen molar-refractivity contribution in [3.05, 3.63) is 23.1 Å². The van der Waals surface area contributed by atoms with Crippen LogP contribution in [0.1, 0.15) is 0 Å². The predicted molar refractivity (Wildman–Crippen MR) is 68.0 cm³/mol. The molecule has 0 unspecified atom stereocenters. The Kier molecular flexibility index (Phi) is 3.45. The molecule has 0 radical (unpaired) electrons. The Bertz CT molecular complexity index is 481. The first-order valence-electron chi connectivity index (χ1n) is 4.51. The van der Waals surface area contributed by atoms with Gasteiger partial charge < -0.3 is 5.32 Å². The topological polar surface area (TPSA) is 55.6 Å². The van der Waals surface area contributed by atoms with Crippen LogP contribution < -0.4 is 5.32 Å². The Balaban J connectivity index is 2.22. The van der Waals surface area contributed by atoms with Gasteiger partial charge in [-0.2, -0.15) is 5.10 Å². The van der Waals surface area contributed by atoms with Gasteiger partial charge in [0, 0.05) is 25.6 Å². The Morgan fingerprint density at radius 3 is 2.69 bits per heavy atom. The van der Waals surface area contributed by atoms with Gasteiger partial charge in [0.05, 0.1) is 10.2 Å². The summed E-state index contributed by atoms with van der Waals surface area (Å²) in [5.74, 6) is 0.562. The minimum Gasteiger partial charge on any atom is -0.321 e. The fraction of sp³-hybridized carbons (Fsp3) is 0.222. The van der Waals surface area contributed by atoms with Gasteiger partial charge in [0.25, 0.3) is 0 Å². The minimum atomic E-state index is 0.562. The Morgan fingerprint density at radius 2 is 2.06 bits per heavy atom. The second-order valence-electron chi connectivity index (χ2n) is 3.08. The second-order valence-corrected chi connectivity index (χ2v) is 4.79. The first-order valence-corrected chi connectivity index (χ1v) is 6.53. The fourth-order valence-corrected chi connectivity index (χ4v) is 1.94. The Hall–Kier alpha value is -1.08. The summed E-state index contributed by atoms with van der Waals surface area (Å²) in [4.78, 5) is 8.29. The highest BCUT2D eigenvalue weighted by Gasteiger charge is 2.07. The molecule has 7 heteroatoms. The number of aryl methyl sites for hydroxylation is 1. The van der Waals surface area contributed by atoms with E-state index in [9.17, 15) is 0 Å². The summed E-state index contributed by atoms with van der Waals surface area (Å²) < 4.78 is 2.61. The van der Waals surface area contributed by atoms with Crippen LogP contribution in [0.15, 0.2) is 28.1 Å². The summed E-state index contributed by atoms with van der Waals surface area (Å²) in [6, 6.07) is 0. The highest BCUT2D eigenvalue weighted by molar-refractivity contribution is 9.10. The average molecular weight is 300 g/mol. The van der Waals surface area contributed by atoms with Crippen LogP contribution in [0.2, 0.25) is 0 Å². The van der Waals surface area contributed by atoms with Gasteiger partial charge in [-0.05, 0) is 22.2 Å². The number of anilines is 2. The SMILES string of the molecule is CSc1nn(C)cc1Nc1ncc(Br)cn1. The molecule has 5 nitrogen and oxygen atoms in total. The third kappa shape index (κ3) is 2.53. The predicted octanol–water partition coefficient (Wildman–Crippen LogP) is 2.44. The maximum Gasteiger partial charge on any atom is 0.227 e. The third-order valence-corrected chi connectivity index (χ3v) is 2.95. The number of halogens is 1. The van der Waals surface area contributed by atoms with Gasteiger partial charge in [0.1, 0.15) is 5.03 Å². The fourth-order valence-electron chi connectivity index (χ4n) is 1.20. The monoisotopic (exact) mass is 299 g/mol. The van der Waals surface area contributed by atoms with Crippen LogP contribution in [0.4, 0.5) is 11.6 Å². The van der Waals surface area contributed by atoms with Gasteiger partial charge in [-0.1, -0.05) is 0 Å². The van der Waals surface area contributed by atoms with Gasteiger partial charge in [-0.3, -0.25) is 4.68 Å². The number of hydrogen-bond donors (Lipinski definition) is 1. The molecule has 2 aromatic heterocycles. The van der Waals surface area contributed by atoms with E-state index in [0.29, 0.717) is 5.95 Å². The van der Waals surface area contributed by atoms with Gasteiger partial charge in [0.2, 0.25) is 5.95 Å². The van der Waals surface area contributed by atoms with Crippen LogP contribution in [-0.2, 0) is 7.05 Å². The number of nitrogens with one attached hydrogen (secondary N) is 1. The zero-order valence-electron chi connectivity index (χ0n) is 8.81. The first kappa shape index (κ1) is 11.4. The average Bonchev–Trinajstić information content (AvgIpc) is 2.62. The van der Waals surface area contributed by atoms with E-state index in [1.807, 2.05) is 19.5 Å². The quantitative estimate of drug-likeness (QED) is 0.882. The van der Waals surface area contributed by atoms with Crippen LogP contribution >= 0.6 is 27.7 Å². The summed E-state index contributed by atoms with van der Waals surface area (Å²) in [6.45, 7) is 0. The normalized spacial score (nSPS) is 10.4. The van der Waals surface area contributed by atoms with Crippen molar-refractivity contribution >= 4 is 39.3 Å². The molecule has 0 spiro atoms. The molecule has 0 saturated heterocycles. The van der Waals surface area contributed by atoms with Crippen LogP contribution in [0.5, 0.6) is 0 Å². The van der Waals surface area contributed by atoms with Crippen molar-refractivity contribution in [1.82, 2.24) is 19.7 Å². The first-order chi connectivity index (χ1) is 7.69. The zero-order valence-corrected chi connectivity index (χ0v) is 11.2. The lowest BCUT2D eigenvalue weighted by Crippen LogP contribution is -1.96. The van der Waals surface area contributed by atoms with Gasteiger partial charge in [-0.15, -0.1) is 11.8 Å². The van der Waals surface area contributed by atoms with E-state index < -0.39 is 0 Å². The summed E-state index contributed by atoms with van der Waals surface area (Å²) in [7, 11) is 1.88. The van der Waals surface area contributed by atoms with Crippen LogP contribution in [-0.4, -0.2) is 26.0 Å². The van der Waals surface area contributed by atoms with Crippen molar-refractivity contribution in [2.75, 3.05) is 11.6 Å². The van der Waals surface area contributed by atoms with Gasteiger partial charge in [-0.25, -0.2) is 9.97 Å². The molecule has 0 saturated carbocycles. The molecule has 0 aromatic carbocycles. The van der Waals surface area contributed by atoms with Gasteiger partial charge >= 0.3 is 0 Å². The maximum atomic E-state index is 4.30. The third-order valence-electron chi connectivity index (χ3n) is 1.86. The molecule has 2 heterocycles. The largest absolute Gasteiger partial charge is 0.321 e. The number of nitrogens with zero attached hydrogens (tertiary/aromatic N) is 4. The van der Waals surface area contributed by atoms with Crippen LogP contribution in [0.3, 0.4) is 0 Å². The Morgan fingerprint density at radius 1 is 1.38 bits per heavy atom. The molecule has 1 N–H and O–H groups in total. The molecule has 2 aromatic rings. The van der Waals surface area contributed by atoms with E-state index in [1.54, 1.807) is 28.8 Å². The minimum absolute atomic E-state index is 0.562. The summed E-state index contributed by atoms with van der Waals surface area (Å²) in [5.41, 5.74) is 0.914. The van der Waals surface area contributed by atoms with E-state index in [2.05, 4.69) is 36.3 Å². The lowest BCUT2D eigenvalue weighted by Gasteiger charge is -2.02. The smallest absolute Gasteiger partial charge is 0.227 e. The van der Waals surface area contributed by atoms with Crippen LogP contribution in [0.25, 0.3) is 0 Å². The van der Waals surface area contributed by atoms with Crippen molar-refractivity contribution < 1.29 is 0 Å². The standard InChI is InChI=1S/C9H10BrN5S/c1-15-5-7(8(14-15)16-2)13-9-11-3-6(10)4-12-9/h3-5H,1-2H3,(H,11,12,13). The molecule has 0 aliphatic carbocycles. The summed E-state index contributed by atoms with van der Waals surface area (Å²) >= 11 is 4.87. The molecule has 0 atom stereocenters. The van der Waals surface area contributed by atoms with Crippen molar-refractivity contribution in [1.29, 1.82) is 0 Å². The van der Waals surface area contributed by atoms with Crippen LogP contribution in [0, 0.1) is 0 Å². The highest BCUT2D eigenvalue weighted by atomic mass is 79.9. The number of hydrogen-bond acceptors (Lipinski definition) is 5. The van der Waals surface area contributed by atoms with Crippen molar-refractivity contribution in [3.63, 3.8) is 0 Å². The molecule has 2 rings (SSSR count). The summed E-state index contributed by atoms with van der Waals surface area (Å²) in [5, 5.41) is 8.34. The lowest BCUT2D eigenvalue weighted by molar-refractivity contribution is 0.738. The maximum absolute atomic E-state index is 4.30. The molecule has 0 bridgehead atoms. The molecule has 0 aliphatic rings. The van der Waals surface area contributed by atoms with E-state index in [0.717, 1.165) is 15.2 Å². The van der Waals surface area contributed by atoms with Crippen molar-refractivity contribution in [2.24, 2.45) is 7.05 Å². The molecular weight excluding hydrogens is 290 g/mol. The van der Waals surface area contributed by atoms with E-state index >= 15 is 0 Å². The molecule has 16 heavy (non-hydrogen) atoms. The second kappa shape index (κ2) is 4.84. The highest BCUT2D eigenvalue weighted by Crippen LogP contribution is 2.25. The molecule has 0 amide bonds. The summed E-state index contributed by atoms with van der Waals surface area (Å²) in [6.07, 6.45) is 7.28. The van der Waals surface area contributed by atoms with Gasteiger partial charge in [0.15, 0.2) is 0 Å². The number of rotatable bonds is 3. The van der Waals surface area contributed by atoms with E-state index in [1.165, 1.54) is 0 Å². The Labute approximate surface area is 106 Å². The molecule has 84 valence electrons. The lowest BCUT2D eigenvalue weighted by atomic mass is 10.5. The van der Waals surface area contributed by atoms with E-state index in [4.69, 9.17) is 0 Å². The zero-order chi connectivity index (χ0) is 11.5.